The Hall–Kier alpha value is -2.36. The van der Waals surface area contributed by atoms with Gasteiger partial charge in [-0.05, 0) is 38.4 Å². The lowest BCUT2D eigenvalue weighted by atomic mass is 9.89. The number of thioether (sulfide) groups is 2. The first-order valence-corrected chi connectivity index (χ1v) is 14.7. The number of allylic oxidation sites excluding steroid dienone is 2. The molecule has 39 heavy (non-hydrogen) atoms. The van der Waals surface area contributed by atoms with Crippen molar-refractivity contribution in [2.45, 2.75) is 56.5 Å². The molecule has 3 aliphatic heterocycles. The molecule has 3 heterocycles. The van der Waals surface area contributed by atoms with E-state index in [1.807, 2.05) is 20.9 Å². The van der Waals surface area contributed by atoms with Crippen LogP contribution in [0.4, 0.5) is 0 Å². The number of rotatable bonds is 12. The summed E-state index contributed by atoms with van der Waals surface area (Å²) in [7, 11) is 3.15. The lowest BCUT2D eigenvalue weighted by Crippen LogP contribution is -2.62. The van der Waals surface area contributed by atoms with Crippen LogP contribution in [0.2, 0.25) is 0 Å². The van der Waals surface area contributed by atoms with E-state index in [2.05, 4.69) is 22.4 Å². The first-order chi connectivity index (χ1) is 18.7. The summed E-state index contributed by atoms with van der Waals surface area (Å²) in [5, 5.41) is 36.7. The Kier molecular flexibility index (Phi) is 16.1. The van der Waals surface area contributed by atoms with Crippen LogP contribution >= 0.6 is 23.5 Å². The number of aliphatic hydroxyl groups excluding tert-OH is 2. The van der Waals surface area contributed by atoms with Gasteiger partial charge in [0.05, 0.1) is 36.8 Å². The zero-order valence-electron chi connectivity index (χ0n) is 22.9. The van der Waals surface area contributed by atoms with Crippen LogP contribution in [0, 0.1) is 5.92 Å². The average molecular weight is 588 g/mol. The molecule has 0 radical (unpaired) electrons. The monoisotopic (exact) mass is 587 g/mol. The maximum atomic E-state index is 12.6. The van der Waals surface area contributed by atoms with Crippen LogP contribution in [0.15, 0.2) is 40.2 Å². The van der Waals surface area contributed by atoms with E-state index in [0.717, 1.165) is 19.4 Å². The van der Waals surface area contributed by atoms with E-state index in [1.165, 1.54) is 41.6 Å². The van der Waals surface area contributed by atoms with Crippen LogP contribution in [-0.4, -0.2) is 93.7 Å². The molecule has 0 bridgehead atoms. The highest BCUT2D eigenvalue weighted by atomic mass is 32.2. The van der Waals surface area contributed by atoms with Crippen molar-refractivity contribution in [2.75, 3.05) is 33.1 Å². The summed E-state index contributed by atoms with van der Waals surface area (Å²) >= 11 is 2.69. The molecule has 12 nitrogen and oxygen atoms in total. The summed E-state index contributed by atoms with van der Waals surface area (Å²) in [4.78, 5) is 38.6. The van der Waals surface area contributed by atoms with Crippen molar-refractivity contribution in [2.24, 2.45) is 16.8 Å². The number of carbonyl (C=O) groups excluding carboxylic acids is 3. The minimum Gasteiger partial charge on any atom is -0.464 e. The van der Waals surface area contributed by atoms with Crippen molar-refractivity contribution < 1.29 is 34.5 Å². The lowest BCUT2D eigenvalue weighted by molar-refractivity contribution is -0.154. The summed E-state index contributed by atoms with van der Waals surface area (Å²) < 4.78 is 4.78. The van der Waals surface area contributed by atoms with Crippen LogP contribution in [0.3, 0.4) is 0 Å². The smallest absolute Gasteiger partial charge is 0.355 e. The summed E-state index contributed by atoms with van der Waals surface area (Å²) in [6.07, 6.45) is 3.62. The highest BCUT2D eigenvalue weighted by Gasteiger charge is 2.54. The van der Waals surface area contributed by atoms with Crippen molar-refractivity contribution in [3.63, 3.8) is 0 Å². The number of esters is 1. The molecule has 0 aromatic carbocycles. The Morgan fingerprint density at radius 1 is 1.41 bits per heavy atom. The lowest BCUT2D eigenvalue weighted by Gasteiger charge is -2.49. The molecular formula is C25H41N5O7S2. The third kappa shape index (κ3) is 9.36. The number of hydrogen-bond acceptors (Lipinski definition) is 13. The van der Waals surface area contributed by atoms with E-state index >= 15 is 0 Å². The zero-order valence-corrected chi connectivity index (χ0v) is 24.5. The number of fused-ring (bicyclic) bond motifs is 1. The number of hydrogen-bond donors (Lipinski definition) is 6. The fourth-order valence-corrected chi connectivity index (χ4v) is 5.90. The molecule has 0 aromatic heterocycles. The normalized spacial score (nSPS) is 22.6. The predicted molar refractivity (Wildman–Crippen MR) is 154 cm³/mol. The zero-order chi connectivity index (χ0) is 29.5. The van der Waals surface area contributed by atoms with E-state index in [1.54, 1.807) is 5.41 Å². The Balaban J connectivity index is 0.000000537. The minimum atomic E-state index is -0.617. The van der Waals surface area contributed by atoms with Crippen LogP contribution in [-0.2, 0) is 19.1 Å². The standard InChI is InChI=1S/C16H18N4O5S2.C7H17NO2.C2H6/c1-3-7-5-26-14-8(13(22)20(14)12(7)15(23)25-2)4-10(21)11(19-24)9-6-27-16(17)18-9;1-8-5-3-2-4-7(10)6-9;1-2/h3,6,8,14,16,18,24H,1,4-5,17H2,2H3;7-10H,2-6H2,1H3;1-2H3/b19-11-;;. The van der Waals surface area contributed by atoms with E-state index in [-0.39, 0.29) is 35.7 Å². The molecule has 0 spiro atoms. The number of unbranched alkanes of at least 4 members (excludes halogenated alkanes) is 1. The molecule has 220 valence electrons. The van der Waals surface area contributed by atoms with Gasteiger partial charge in [0.2, 0.25) is 5.91 Å². The molecule has 0 aromatic rings. The van der Waals surface area contributed by atoms with Crippen molar-refractivity contribution in [3.05, 3.63) is 35.0 Å². The summed E-state index contributed by atoms with van der Waals surface area (Å²) in [5.74, 6) is -1.59. The number of nitrogens with zero attached hydrogens (tertiary/aromatic N) is 2. The number of amides is 1. The Morgan fingerprint density at radius 3 is 2.62 bits per heavy atom. The second kappa shape index (κ2) is 18.1. The van der Waals surface area contributed by atoms with Gasteiger partial charge in [0, 0.05) is 17.6 Å². The van der Waals surface area contributed by atoms with Gasteiger partial charge in [-0.25, -0.2) is 4.79 Å². The van der Waals surface area contributed by atoms with Crippen LogP contribution in [0.1, 0.15) is 39.5 Å². The maximum Gasteiger partial charge on any atom is 0.355 e. The van der Waals surface area contributed by atoms with Crippen LogP contribution in [0.25, 0.3) is 0 Å². The fourth-order valence-electron chi connectivity index (χ4n) is 3.84. The largest absolute Gasteiger partial charge is 0.464 e. The molecule has 7 N–H and O–H groups in total. The van der Waals surface area contributed by atoms with Crippen LogP contribution < -0.4 is 16.4 Å². The number of ether oxygens (including phenoxy) is 1. The van der Waals surface area contributed by atoms with Gasteiger partial charge in [0.1, 0.15) is 11.2 Å². The minimum absolute atomic E-state index is 0.112. The van der Waals surface area contributed by atoms with Gasteiger partial charge in [-0.2, -0.15) is 0 Å². The number of nitrogens with two attached hydrogens (primary N) is 1. The van der Waals surface area contributed by atoms with Gasteiger partial charge in [0.15, 0.2) is 11.5 Å². The summed E-state index contributed by atoms with van der Waals surface area (Å²) in [5.41, 5.74) is 6.19. The van der Waals surface area contributed by atoms with Gasteiger partial charge >= 0.3 is 5.97 Å². The number of nitrogens with one attached hydrogen (secondary N) is 2. The van der Waals surface area contributed by atoms with Gasteiger partial charge in [-0.15, -0.1) is 11.8 Å². The number of carbonyl (C=O) groups is 3. The molecule has 14 heteroatoms. The third-order valence-corrected chi connectivity index (χ3v) is 7.95. The highest BCUT2D eigenvalue weighted by molar-refractivity contribution is 8.02. The molecule has 3 rings (SSSR count). The van der Waals surface area contributed by atoms with E-state index in [9.17, 15) is 19.6 Å². The molecule has 4 unspecified atom stereocenters. The molecule has 4 atom stereocenters. The van der Waals surface area contributed by atoms with E-state index in [4.69, 9.17) is 20.7 Å². The van der Waals surface area contributed by atoms with E-state index < -0.39 is 29.3 Å². The van der Waals surface area contributed by atoms with Crippen molar-refractivity contribution in [1.82, 2.24) is 15.5 Å². The number of ketones is 1. The molecular weight excluding hydrogens is 546 g/mol. The average Bonchev–Trinajstić information content (AvgIpc) is 3.39. The Labute approximate surface area is 238 Å². The molecule has 1 amide bonds. The highest BCUT2D eigenvalue weighted by Crippen LogP contribution is 2.45. The van der Waals surface area contributed by atoms with E-state index in [0.29, 0.717) is 23.4 Å². The quantitative estimate of drug-likeness (QED) is 0.0477. The fraction of sp³-hybridized carbons (Fsp3) is 0.600. The molecule has 0 aliphatic carbocycles. The van der Waals surface area contributed by atoms with Gasteiger partial charge in [0.25, 0.3) is 0 Å². The van der Waals surface area contributed by atoms with Gasteiger partial charge in [-0.1, -0.05) is 43.4 Å². The first-order valence-electron chi connectivity index (χ1n) is 12.7. The number of aliphatic hydroxyl groups is 2. The number of oxime groups is 1. The number of β-lactam (4-membered cyclic amide) rings is 1. The molecule has 0 saturated carbocycles. The topological polar surface area (TPSA) is 187 Å². The SMILES string of the molecule is C=CC1=C(C(=O)OC)N2C(=O)C(CC(=O)/C(=N\O)C3=CSC(N)N3)C2SC1.CC.CNCCCCC(O)CO. The number of Topliss-reactive ketones (excluding diaryl/α,β-unsaturated/α-hetero) is 1. The van der Waals surface area contributed by atoms with Crippen LogP contribution in [0.5, 0.6) is 0 Å². The number of methoxy groups -OCH3 is 1. The van der Waals surface area contributed by atoms with Crippen molar-refractivity contribution in [1.29, 1.82) is 0 Å². The van der Waals surface area contributed by atoms with Gasteiger partial charge in [-0.3, -0.25) is 14.5 Å². The first kappa shape index (κ1) is 34.7. The van der Waals surface area contributed by atoms with Gasteiger partial charge < -0.3 is 36.5 Å². The van der Waals surface area contributed by atoms with Crippen molar-refractivity contribution in [3.8, 4) is 0 Å². The second-order valence-corrected chi connectivity index (χ2v) is 10.5. The maximum absolute atomic E-state index is 12.6. The van der Waals surface area contributed by atoms with Crippen molar-refractivity contribution >= 4 is 46.9 Å². The molecule has 3 aliphatic rings. The molecule has 1 fully saturated rings. The third-order valence-electron chi connectivity index (χ3n) is 5.81. The second-order valence-electron chi connectivity index (χ2n) is 8.33. The summed E-state index contributed by atoms with van der Waals surface area (Å²) in [6, 6.07) is 0. The predicted octanol–water partition coefficient (Wildman–Crippen LogP) is 1.10. The Bertz CT molecular complexity index is 957. The summed E-state index contributed by atoms with van der Waals surface area (Å²) in [6.45, 7) is 8.54. The molecule has 1 saturated heterocycles. The Morgan fingerprint density at radius 2 is 2.10 bits per heavy atom.